The third-order valence-corrected chi connectivity index (χ3v) is 2.70. The summed E-state index contributed by atoms with van der Waals surface area (Å²) in [6.45, 7) is 0. The van der Waals surface area contributed by atoms with Crippen LogP contribution in [0.2, 0.25) is 0 Å². The number of nitrogens with zero attached hydrogens (tertiary/aromatic N) is 1. The fraction of sp³-hybridized carbons (Fsp3) is 0.700. The molecule has 0 aliphatic carbocycles. The molecule has 2 atom stereocenters. The Bertz CT molecular complexity index is 315. The van der Waals surface area contributed by atoms with Crippen LogP contribution in [0.4, 0.5) is 0 Å². The maximum atomic E-state index is 11.8. The first kappa shape index (κ1) is 17.6. The largest absolute Gasteiger partial charge is 0.481 e. The van der Waals surface area contributed by atoms with Crippen LogP contribution in [-0.4, -0.2) is 65.3 Å². The lowest BCUT2D eigenvalue weighted by Crippen LogP contribution is -2.58. The molecular formula is C10H18ClN3O5. The number of hydrogen-bond acceptors (Lipinski definition) is 5. The molecule has 0 fully saturated rings. The van der Waals surface area contributed by atoms with Crippen LogP contribution in [-0.2, 0) is 14.4 Å². The zero-order valence-corrected chi connectivity index (χ0v) is 11.5. The number of halogens is 1. The Kier molecular flexibility index (Phi) is 8.05. The second-order valence-electron chi connectivity index (χ2n) is 3.74. The van der Waals surface area contributed by atoms with Gasteiger partial charge >= 0.3 is 11.9 Å². The molecule has 2 unspecified atom stereocenters. The zero-order valence-electron chi connectivity index (χ0n) is 10.7. The second-order valence-corrected chi connectivity index (χ2v) is 4.01. The van der Waals surface area contributed by atoms with Gasteiger partial charge in [-0.15, -0.1) is 11.6 Å². The highest BCUT2D eigenvalue weighted by molar-refractivity contribution is 6.27. The first-order chi connectivity index (χ1) is 8.87. The lowest BCUT2D eigenvalue weighted by molar-refractivity contribution is -0.144. The molecule has 0 saturated carbocycles. The smallest absolute Gasteiger partial charge is 0.306 e. The molecule has 8 nitrogen and oxygen atoms in total. The first-order valence-electron chi connectivity index (χ1n) is 5.52. The minimum Gasteiger partial charge on any atom is -0.481 e. The van der Waals surface area contributed by atoms with Gasteiger partial charge in [-0.2, -0.15) is 0 Å². The number of carboxylic acids is 2. The number of rotatable bonds is 9. The number of carboxylic acid groups (broad SMARTS) is 2. The van der Waals surface area contributed by atoms with Gasteiger partial charge in [0.15, 0.2) is 0 Å². The number of hydrogen-bond donors (Lipinski definition) is 4. The third kappa shape index (κ3) is 5.86. The summed E-state index contributed by atoms with van der Waals surface area (Å²) in [6, 6.07) is 0. The molecule has 110 valence electrons. The van der Waals surface area contributed by atoms with E-state index < -0.39 is 30.2 Å². The highest BCUT2D eigenvalue weighted by atomic mass is 35.5. The second kappa shape index (κ2) is 8.68. The van der Waals surface area contributed by atoms with E-state index in [1.807, 2.05) is 0 Å². The Balaban J connectivity index is 5.18. The first-order valence-corrected chi connectivity index (χ1v) is 6.06. The molecular weight excluding hydrogens is 278 g/mol. The zero-order chi connectivity index (χ0) is 15.0. The van der Waals surface area contributed by atoms with Crippen molar-refractivity contribution in [3.63, 3.8) is 0 Å². The molecule has 9 heteroatoms. The van der Waals surface area contributed by atoms with Gasteiger partial charge in [-0.3, -0.25) is 25.0 Å². The van der Waals surface area contributed by atoms with Gasteiger partial charge < -0.3 is 15.1 Å². The number of aliphatic carboxylic acids is 2. The Morgan fingerprint density at radius 3 is 1.63 bits per heavy atom. The summed E-state index contributed by atoms with van der Waals surface area (Å²) < 4.78 is 0. The van der Waals surface area contributed by atoms with E-state index in [-0.39, 0.29) is 18.7 Å². The minimum atomic E-state index is -1.11. The molecule has 0 aromatic carbocycles. The van der Waals surface area contributed by atoms with E-state index in [4.69, 9.17) is 21.8 Å². The van der Waals surface area contributed by atoms with E-state index in [2.05, 4.69) is 10.6 Å². The number of alkyl halides is 1. The lowest BCUT2D eigenvalue weighted by atomic mass is 10.2. The van der Waals surface area contributed by atoms with E-state index in [1.165, 1.54) is 14.1 Å². The maximum absolute atomic E-state index is 11.8. The van der Waals surface area contributed by atoms with Crippen molar-refractivity contribution in [3.05, 3.63) is 0 Å². The predicted molar refractivity (Wildman–Crippen MR) is 67.8 cm³/mol. The molecule has 0 heterocycles. The summed E-state index contributed by atoms with van der Waals surface area (Å²) in [7, 11) is 2.96. The highest BCUT2D eigenvalue weighted by Gasteiger charge is 2.31. The fourth-order valence-electron chi connectivity index (χ4n) is 1.64. The summed E-state index contributed by atoms with van der Waals surface area (Å²) in [6.07, 6.45) is -2.42. The monoisotopic (exact) mass is 295 g/mol. The van der Waals surface area contributed by atoms with Crippen LogP contribution in [0.3, 0.4) is 0 Å². The quantitative estimate of drug-likeness (QED) is 0.321. The topological polar surface area (TPSA) is 119 Å². The van der Waals surface area contributed by atoms with Crippen molar-refractivity contribution in [2.75, 3.05) is 20.0 Å². The Morgan fingerprint density at radius 2 is 1.42 bits per heavy atom. The van der Waals surface area contributed by atoms with Gasteiger partial charge in [0.25, 0.3) is 0 Å². The van der Waals surface area contributed by atoms with Crippen molar-refractivity contribution in [2.45, 2.75) is 25.2 Å². The molecule has 19 heavy (non-hydrogen) atoms. The molecule has 0 radical (unpaired) electrons. The van der Waals surface area contributed by atoms with E-state index in [0.717, 1.165) is 4.90 Å². The molecule has 0 saturated heterocycles. The lowest BCUT2D eigenvalue weighted by Gasteiger charge is -2.36. The van der Waals surface area contributed by atoms with Crippen molar-refractivity contribution >= 4 is 29.4 Å². The van der Waals surface area contributed by atoms with Crippen molar-refractivity contribution in [2.24, 2.45) is 0 Å². The van der Waals surface area contributed by atoms with Crippen LogP contribution in [0.25, 0.3) is 0 Å². The molecule has 0 aliphatic rings. The van der Waals surface area contributed by atoms with E-state index in [1.54, 1.807) is 0 Å². The Labute approximate surface area is 115 Å². The number of nitrogens with one attached hydrogen (secondary N) is 2. The van der Waals surface area contributed by atoms with Gasteiger partial charge in [-0.25, -0.2) is 0 Å². The van der Waals surface area contributed by atoms with Gasteiger partial charge in [-0.1, -0.05) is 0 Å². The normalized spacial score (nSPS) is 13.6. The summed E-state index contributed by atoms with van der Waals surface area (Å²) >= 11 is 5.48. The standard InChI is InChI=1S/C10H18ClN3O5/c1-12-6(3-9(16)17)14(8(15)5-11)7(13-2)4-10(18)19/h6-7,12-13H,3-5H2,1-2H3,(H,16,17)(H,18,19). The van der Waals surface area contributed by atoms with Gasteiger partial charge in [0.1, 0.15) is 5.88 Å². The molecule has 0 spiro atoms. The third-order valence-electron chi connectivity index (χ3n) is 2.48. The molecule has 0 aromatic heterocycles. The summed E-state index contributed by atoms with van der Waals surface area (Å²) in [5.41, 5.74) is 0. The van der Waals surface area contributed by atoms with E-state index in [9.17, 15) is 14.4 Å². The molecule has 0 rings (SSSR count). The van der Waals surface area contributed by atoms with Gasteiger partial charge in [0.2, 0.25) is 5.91 Å². The summed E-state index contributed by atoms with van der Waals surface area (Å²) in [5, 5.41) is 23.0. The van der Waals surface area contributed by atoms with Crippen LogP contribution >= 0.6 is 11.6 Å². The van der Waals surface area contributed by atoms with E-state index in [0.29, 0.717) is 0 Å². The molecule has 0 aliphatic heterocycles. The fourth-order valence-corrected chi connectivity index (χ4v) is 1.78. The number of amides is 1. The average Bonchev–Trinajstić information content (AvgIpc) is 2.34. The number of carbonyl (C=O) groups excluding carboxylic acids is 1. The SMILES string of the molecule is CNC(CC(=O)O)N(C(=O)CCl)C(CC(=O)O)NC. The minimum absolute atomic E-state index is 0.364. The molecule has 0 bridgehead atoms. The number of carbonyl (C=O) groups is 3. The Hall–Kier alpha value is -1.38. The molecule has 0 aromatic rings. The molecule has 4 N–H and O–H groups in total. The van der Waals surface area contributed by atoms with Crippen LogP contribution in [0, 0.1) is 0 Å². The van der Waals surface area contributed by atoms with Crippen molar-refractivity contribution < 1.29 is 24.6 Å². The Morgan fingerprint density at radius 1 is 1.05 bits per heavy atom. The van der Waals surface area contributed by atoms with Gasteiger partial charge in [0, 0.05) is 0 Å². The van der Waals surface area contributed by atoms with Crippen LogP contribution in [0.1, 0.15) is 12.8 Å². The predicted octanol–water partition coefficient (Wildman–Crippen LogP) is -0.906. The highest BCUT2D eigenvalue weighted by Crippen LogP contribution is 2.10. The summed E-state index contributed by atoms with van der Waals surface area (Å²) in [4.78, 5) is 34.4. The van der Waals surface area contributed by atoms with Gasteiger partial charge in [-0.05, 0) is 14.1 Å². The average molecular weight is 296 g/mol. The van der Waals surface area contributed by atoms with Crippen LogP contribution < -0.4 is 10.6 Å². The van der Waals surface area contributed by atoms with E-state index >= 15 is 0 Å². The van der Waals surface area contributed by atoms with Crippen LogP contribution in [0.15, 0.2) is 0 Å². The molecule has 1 amide bonds. The maximum Gasteiger partial charge on any atom is 0.306 e. The summed E-state index contributed by atoms with van der Waals surface area (Å²) in [5.74, 6) is -3.15. The van der Waals surface area contributed by atoms with Gasteiger partial charge in [0.05, 0.1) is 25.2 Å². The van der Waals surface area contributed by atoms with Crippen molar-refractivity contribution in [1.29, 1.82) is 0 Å². The van der Waals surface area contributed by atoms with Crippen LogP contribution in [0.5, 0.6) is 0 Å². The van der Waals surface area contributed by atoms with Crippen molar-refractivity contribution in [3.8, 4) is 0 Å². The van der Waals surface area contributed by atoms with Crippen molar-refractivity contribution in [1.82, 2.24) is 15.5 Å².